The number of rotatable bonds is 6. The zero-order valence-corrected chi connectivity index (χ0v) is 16.8. The molecule has 2 aromatic carbocycles. The number of urea groups is 1. The number of amides is 3. The van der Waals surface area contributed by atoms with Gasteiger partial charge >= 0.3 is 6.03 Å². The number of hydrogen-bond acceptors (Lipinski definition) is 6. The van der Waals surface area contributed by atoms with Gasteiger partial charge in [0.05, 0.1) is 19.9 Å². The summed E-state index contributed by atoms with van der Waals surface area (Å²) in [7, 11) is 1.51. The topological polar surface area (TPSA) is 111 Å². The molecule has 1 aliphatic heterocycles. The van der Waals surface area contributed by atoms with Gasteiger partial charge in [0.1, 0.15) is 19.0 Å². The van der Waals surface area contributed by atoms with E-state index < -0.39 is 0 Å². The molecule has 0 bridgehead atoms. The minimum absolute atomic E-state index is 0.284. The molecule has 9 heteroatoms. The van der Waals surface area contributed by atoms with Crippen LogP contribution in [0.3, 0.4) is 0 Å². The number of carbonyl (C=O) groups is 2. The molecule has 0 spiro atoms. The van der Waals surface area contributed by atoms with Crippen molar-refractivity contribution in [1.82, 2.24) is 5.32 Å². The Morgan fingerprint density at radius 2 is 1.74 bits per heavy atom. The quantitative estimate of drug-likeness (QED) is 0.558. The number of hydrogen-bond donors (Lipinski definition) is 3. The van der Waals surface area contributed by atoms with E-state index in [4.69, 9.17) is 18.6 Å². The summed E-state index contributed by atoms with van der Waals surface area (Å²) in [6.07, 6.45) is 1.54. The summed E-state index contributed by atoms with van der Waals surface area (Å²) >= 11 is 0. The van der Waals surface area contributed by atoms with Crippen LogP contribution >= 0.6 is 0 Å². The summed E-state index contributed by atoms with van der Waals surface area (Å²) in [5.74, 6) is 1.72. The molecule has 1 aromatic heterocycles. The number of fused-ring (bicyclic) bond motifs is 1. The molecule has 3 N–H and O–H groups in total. The second-order valence-corrected chi connectivity index (χ2v) is 6.62. The molecule has 0 aliphatic carbocycles. The molecular weight excluding hydrogens is 402 g/mol. The molecule has 31 heavy (non-hydrogen) atoms. The maximum atomic E-state index is 12.7. The lowest BCUT2D eigenvalue weighted by Crippen LogP contribution is -2.27. The van der Waals surface area contributed by atoms with Gasteiger partial charge in [0.25, 0.3) is 5.91 Å². The standard InChI is InChI=1S/C22H21N3O6/c1-28-18-11-14(12-19-20(18)31-10-9-30-19)21(26)24-15-4-6-16(7-5-15)25-22(27)23-13-17-3-2-8-29-17/h2-8,11-12H,9-10,13H2,1H3,(H,24,26)(H2,23,25,27). The molecule has 0 unspecified atom stereocenters. The number of anilines is 2. The van der Waals surface area contributed by atoms with E-state index in [1.165, 1.54) is 7.11 Å². The number of benzene rings is 2. The van der Waals surface area contributed by atoms with Gasteiger partial charge in [0, 0.05) is 16.9 Å². The van der Waals surface area contributed by atoms with Crippen LogP contribution in [-0.2, 0) is 6.54 Å². The van der Waals surface area contributed by atoms with Crippen molar-refractivity contribution in [3.63, 3.8) is 0 Å². The van der Waals surface area contributed by atoms with Gasteiger partial charge in [0.15, 0.2) is 11.5 Å². The fourth-order valence-electron chi connectivity index (χ4n) is 3.00. The number of methoxy groups -OCH3 is 1. The smallest absolute Gasteiger partial charge is 0.319 e. The van der Waals surface area contributed by atoms with E-state index >= 15 is 0 Å². The van der Waals surface area contributed by atoms with E-state index in [9.17, 15) is 9.59 Å². The van der Waals surface area contributed by atoms with Crippen LogP contribution in [0.2, 0.25) is 0 Å². The van der Waals surface area contributed by atoms with E-state index in [0.717, 1.165) is 0 Å². The van der Waals surface area contributed by atoms with Gasteiger partial charge in [-0.2, -0.15) is 0 Å². The fraction of sp³-hybridized carbons (Fsp3) is 0.182. The number of ether oxygens (including phenoxy) is 3. The first-order valence-corrected chi connectivity index (χ1v) is 9.58. The van der Waals surface area contributed by atoms with Crippen molar-refractivity contribution in [2.75, 3.05) is 31.0 Å². The molecule has 2 heterocycles. The third-order valence-corrected chi connectivity index (χ3v) is 4.49. The van der Waals surface area contributed by atoms with Crippen molar-refractivity contribution < 1.29 is 28.2 Å². The van der Waals surface area contributed by atoms with Gasteiger partial charge in [-0.05, 0) is 48.5 Å². The number of carbonyl (C=O) groups excluding carboxylic acids is 2. The van der Waals surface area contributed by atoms with E-state index in [1.807, 2.05) is 0 Å². The monoisotopic (exact) mass is 423 g/mol. The van der Waals surface area contributed by atoms with Gasteiger partial charge in [-0.1, -0.05) is 0 Å². The maximum absolute atomic E-state index is 12.7. The van der Waals surface area contributed by atoms with Crippen molar-refractivity contribution in [3.8, 4) is 17.2 Å². The highest BCUT2D eigenvalue weighted by Crippen LogP contribution is 2.40. The Morgan fingerprint density at radius 3 is 2.45 bits per heavy atom. The molecule has 0 fully saturated rings. The molecule has 160 valence electrons. The zero-order valence-electron chi connectivity index (χ0n) is 16.8. The molecule has 0 saturated carbocycles. The van der Waals surface area contributed by atoms with Crippen molar-refractivity contribution in [2.24, 2.45) is 0 Å². The van der Waals surface area contributed by atoms with Crippen LogP contribution in [0, 0.1) is 0 Å². The lowest BCUT2D eigenvalue weighted by molar-refractivity contribution is 0.102. The van der Waals surface area contributed by atoms with Gasteiger partial charge < -0.3 is 34.6 Å². The molecule has 4 rings (SSSR count). The molecule has 0 radical (unpaired) electrons. The number of furan rings is 1. The van der Waals surface area contributed by atoms with Crippen molar-refractivity contribution in [1.29, 1.82) is 0 Å². The Balaban J connectivity index is 1.36. The molecular formula is C22H21N3O6. The summed E-state index contributed by atoms with van der Waals surface area (Å²) in [6.45, 7) is 1.12. The minimum Gasteiger partial charge on any atom is -0.493 e. The highest BCUT2D eigenvalue weighted by molar-refractivity contribution is 6.05. The normalized spacial score (nSPS) is 12.0. The Hall–Kier alpha value is -4.14. The van der Waals surface area contributed by atoms with Crippen LogP contribution in [0.4, 0.5) is 16.2 Å². The van der Waals surface area contributed by atoms with E-state index in [-0.39, 0.29) is 18.5 Å². The molecule has 0 saturated heterocycles. The summed E-state index contributed by atoms with van der Waals surface area (Å²) in [4.78, 5) is 24.6. The Labute approximate surface area is 178 Å². The predicted molar refractivity (Wildman–Crippen MR) is 113 cm³/mol. The average Bonchev–Trinajstić information content (AvgIpc) is 3.32. The summed E-state index contributed by atoms with van der Waals surface area (Å²) in [6, 6.07) is 13.1. The lowest BCUT2D eigenvalue weighted by Gasteiger charge is -2.21. The Bertz CT molecular complexity index is 1050. The van der Waals surface area contributed by atoms with Crippen LogP contribution in [0.25, 0.3) is 0 Å². The maximum Gasteiger partial charge on any atom is 0.319 e. The van der Waals surface area contributed by atoms with Crippen molar-refractivity contribution >= 4 is 23.3 Å². The third-order valence-electron chi connectivity index (χ3n) is 4.49. The Morgan fingerprint density at radius 1 is 1.00 bits per heavy atom. The van der Waals surface area contributed by atoms with E-state index in [2.05, 4.69) is 16.0 Å². The molecule has 1 aliphatic rings. The third kappa shape index (κ3) is 4.89. The van der Waals surface area contributed by atoms with Crippen LogP contribution in [0.15, 0.2) is 59.2 Å². The second kappa shape index (κ2) is 9.12. The van der Waals surface area contributed by atoms with E-state index in [1.54, 1.807) is 54.8 Å². The average molecular weight is 423 g/mol. The first kappa shape index (κ1) is 20.1. The summed E-state index contributed by atoms with van der Waals surface area (Å²) in [5, 5.41) is 8.21. The Kier molecular flexibility index (Phi) is 5.93. The van der Waals surface area contributed by atoms with Crippen LogP contribution < -0.4 is 30.2 Å². The number of nitrogens with one attached hydrogen (secondary N) is 3. The summed E-state index contributed by atoms with van der Waals surface area (Å²) in [5.41, 5.74) is 1.52. The highest BCUT2D eigenvalue weighted by atomic mass is 16.6. The lowest BCUT2D eigenvalue weighted by atomic mass is 10.1. The molecule has 3 aromatic rings. The van der Waals surface area contributed by atoms with Gasteiger partial charge in [-0.3, -0.25) is 4.79 Å². The minimum atomic E-state index is -0.364. The highest BCUT2D eigenvalue weighted by Gasteiger charge is 2.21. The molecule has 9 nitrogen and oxygen atoms in total. The van der Waals surface area contributed by atoms with E-state index in [0.29, 0.717) is 53.2 Å². The van der Waals surface area contributed by atoms with Crippen LogP contribution in [0.1, 0.15) is 16.1 Å². The van der Waals surface area contributed by atoms with Crippen molar-refractivity contribution in [3.05, 3.63) is 66.1 Å². The molecule has 0 atom stereocenters. The predicted octanol–water partition coefficient (Wildman–Crippen LogP) is 3.63. The van der Waals surface area contributed by atoms with Crippen LogP contribution in [-0.4, -0.2) is 32.3 Å². The first-order chi connectivity index (χ1) is 15.1. The first-order valence-electron chi connectivity index (χ1n) is 9.58. The van der Waals surface area contributed by atoms with Crippen LogP contribution in [0.5, 0.6) is 17.2 Å². The van der Waals surface area contributed by atoms with Gasteiger partial charge in [-0.15, -0.1) is 0 Å². The fourth-order valence-corrected chi connectivity index (χ4v) is 3.00. The van der Waals surface area contributed by atoms with Gasteiger partial charge in [-0.25, -0.2) is 4.79 Å². The van der Waals surface area contributed by atoms with Crippen molar-refractivity contribution in [2.45, 2.75) is 6.54 Å². The summed E-state index contributed by atoms with van der Waals surface area (Å²) < 4.78 is 21.6. The largest absolute Gasteiger partial charge is 0.493 e. The molecule has 3 amide bonds. The van der Waals surface area contributed by atoms with Gasteiger partial charge in [0.2, 0.25) is 5.75 Å². The second-order valence-electron chi connectivity index (χ2n) is 6.62. The zero-order chi connectivity index (χ0) is 21.6. The SMILES string of the molecule is COc1cc(C(=O)Nc2ccc(NC(=O)NCc3ccco3)cc2)cc2c1OCCO2.